The molecule has 0 unspecified atom stereocenters. The summed E-state index contributed by atoms with van der Waals surface area (Å²) < 4.78 is 24.1. The van der Waals surface area contributed by atoms with Crippen molar-refractivity contribution in [2.75, 3.05) is 37.3 Å². The Hall–Kier alpha value is -1.21. The van der Waals surface area contributed by atoms with Crippen LogP contribution in [0.2, 0.25) is 0 Å². The molecule has 2 aliphatic heterocycles. The first-order valence-corrected chi connectivity index (χ1v) is 9.97. The zero-order chi connectivity index (χ0) is 15.6. The Labute approximate surface area is 132 Å². The average molecular weight is 324 g/mol. The van der Waals surface area contributed by atoms with Gasteiger partial charge in [-0.3, -0.25) is 0 Å². The third-order valence-electron chi connectivity index (χ3n) is 4.49. The lowest BCUT2D eigenvalue weighted by atomic mass is 9.96. The smallest absolute Gasteiger partial charge is 0.225 e. The normalized spacial score (nSPS) is 23.5. The summed E-state index contributed by atoms with van der Waals surface area (Å²) in [5.41, 5.74) is 0.699. The van der Waals surface area contributed by atoms with Crippen LogP contribution in [0.4, 0.5) is 5.95 Å². The van der Waals surface area contributed by atoms with Crippen LogP contribution in [0.5, 0.6) is 0 Å². The van der Waals surface area contributed by atoms with Gasteiger partial charge in [0, 0.05) is 31.8 Å². The molecule has 0 aliphatic carbocycles. The number of rotatable bonds is 3. The lowest BCUT2D eigenvalue weighted by Gasteiger charge is -2.29. The van der Waals surface area contributed by atoms with Crippen molar-refractivity contribution in [3.8, 4) is 0 Å². The molecule has 2 saturated heterocycles. The van der Waals surface area contributed by atoms with Crippen LogP contribution < -0.4 is 10.2 Å². The lowest BCUT2D eigenvalue weighted by molar-refractivity contribution is 0.447. The van der Waals surface area contributed by atoms with Gasteiger partial charge in [-0.1, -0.05) is 0 Å². The van der Waals surface area contributed by atoms with Crippen molar-refractivity contribution in [2.24, 2.45) is 0 Å². The maximum absolute atomic E-state index is 12.1. The van der Waals surface area contributed by atoms with E-state index in [-0.39, 0.29) is 5.92 Å². The van der Waals surface area contributed by atoms with Crippen LogP contribution in [0.3, 0.4) is 0 Å². The Morgan fingerprint density at radius 1 is 1.23 bits per heavy atom. The predicted octanol–water partition coefficient (Wildman–Crippen LogP) is 1.34. The number of piperidine rings is 2. The van der Waals surface area contributed by atoms with Crippen molar-refractivity contribution in [3.63, 3.8) is 0 Å². The summed E-state index contributed by atoms with van der Waals surface area (Å²) >= 11 is 0. The fourth-order valence-electron chi connectivity index (χ4n) is 3.28. The van der Waals surface area contributed by atoms with Crippen molar-refractivity contribution in [1.29, 1.82) is 0 Å². The van der Waals surface area contributed by atoms with Crippen molar-refractivity contribution in [3.05, 3.63) is 11.9 Å². The van der Waals surface area contributed by atoms with Gasteiger partial charge in [0.25, 0.3) is 0 Å². The Kier molecular flexibility index (Phi) is 4.63. The first-order chi connectivity index (χ1) is 10.6. The molecule has 1 N–H and O–H groups in total. The summed E-state index contributed by atoms with van der Waals surface area (Å²) in [7, 11) is -3.30. The first kappa shape index (κ1) is 15.7. The van der Waals surface area contributed by atoms with Crippen molar-refractivity contribution in [2.45, 2.75) is 42.9 Å². The van der Waals surface area contributed by atoms with E-state index in [0.717, 1.165) is 51.9 Å². The van der Waals surface area contributed by atoms with Gasteiger partial charge in [0.05, 0.1) is 11.9 Å². The van der Waals surface area contributed by atoms with Gasteiger partial charge in [-0.25, -0.2) is 18.4 Å². The van der Waals surface area contributed by atoms with Gasteiger partial charge in [0.2, 0.25) is 5.95 Å². The minimum Gasteiger partial charge on any atom is -0.341 e. The molecule has 1 aromatic heterocycles. The molecule has 1 aromatic rings. The lowest BCUT2D eigenvalue weighted by Crippen LogP contribution is -2.33. The van der Waals surface area contributed by atoms with E-state index in [2.05, 4.69) is 20.2 Å². The number of nitrogens with one attached hydrogen (secondary N) is 1. The third-order valence-corrected chi connectivity index (χ3v) is 5.61. The number of aromatic nitrogens is 2. The minimum atomic E-state index is -3.30. The highest BCUT2D eigenvalue weighted by Crippen LogP contribution is 2.29. The largest absolute Gasteiger partial charge is 0.341 e. The van der Waals surface area contributed by atoms with Crippen LogP contribution in [-0.2, 0) is 9.84 Å². The average Bonchev–Trinajstić information content (AvgIpc) is 2.55. The molecule has 122 valence electrons. The molecule has 0 amide bonds. The van der Waals surface area contributed by atoms with E-state index in [9.17, 15) is 8.42 Å². The SMILES string of the molecule is CS(=O)(=O)c1cnc(N2CCCCC2)nc1[C@@H]1CCCNC1. The maximum Gasteiger partial charge on any atom is 0.225 e. The van der Waals surface area contributed by atoms with Crippen LogP contribution >= 0.6 is 0 Å². The summed E-state index contributed by atoms with van der Waals surface area (Å²) in [6.07, 6.45) is 8.33. The van der Waals surface area contributed by atoms with Gasteiger partial charge in [-0.15, -0.1) is 0 Å². The van der Waals surface area contributed by atoms with E-state index < -0.39 is 9.84 Å². The van der Waals surface area contributed by atoms with Crippen LogP contribution in [0.25, 0.3) is 0 Å². The minimum absolute atomic E-state index is 0.157. The Morgan fingerprint density at radius 2 is 2.00 bits per heavy atom. The van der Waals surface area contributed by atoms with Gasteiger partial charge in [-0.2, -0.15) is 0 Å². The number of hydrogen-bond donors (Lipinski definition) is 1. The van der Waals surface area contributed by atoms with E-state index in [1.54, 1.807) is 0 Å². The fraction of sp³-hybridized carbons (Fsp3) is 0.733. The van der Waals surface area contributed by atoms with Gasteiger partial charge in [-0.05, 0) is 38.6 Å². The summed E-state index contributed by atoms with van der Waals surface area (Å²) in [5, 5.41) is 3.34. The van der Waals surface area contributed by atoms with E-state index in [1.165, 1.54) is 18.9 Å². The molecule has 0 bridgehead atoms. The molecule has 2 aliphatic rings. The molecule has 2 fully saturated rings. The number of anilines is 1. The second kappa shape index (κ2) is 6.50. The second-order valence-electron chi connectivity index (χ2n) is 6.28. The molecule has 0 spiro atoms. The van der Waals surface area contributed by atoms with E-state index in [4.69, 9.17) is 0 Å². The second-order valence-corrected chi connectivity index (χ2v) is 8.27. The Balaban J connectivity index is 1.97. The molecule has 22 heavy (non-hydrogen) atoms. The molecule has 0 aromatic carbocycles. The number of sulfone groups is 1. The molecule has 7 heteroatoms. The van der Waals surface area contributed by atoms with Crippen molar-refractivity contribution >= 4 is 15.8 Å². The molecule has 0 saturated carbocycles. The quantitative estimate of drug-likeness (QED) is 0.904. The van der Waals surface area contributed by atoms with Crippen molar-refractivity contribution in [1.82, 2.24) is 15.3 Å². The molecular formula is C15H24N4O2S. The van der Waals surface area contributed by atoms with Gasteiger partial charge < -0.3 is 10.2 Å². The van der Waals surface area contributed by atoms with Crippen LogP contribution in [0, 0.1) is 0 Å². The standard InChI is InChI=1S/C15H24N4O2S/c1-22(20,21)13-11-17-15(19-8-3-2-4-9-19)18-14(13)12-6-5-7-16-10-12/h11-12,16H,2-10H2,1H3/t12-/m1/s1. The fourth-order valence-corrected chi connectivity index (χ4v) is 4.12. The molecule has 3 heterocycles. The van der Waals surface area contributed by atoms with Gasteiger partial charge >= 0.3 is 0 Å². The molecule has 6 nitrogen and oxygen atoms in total. The monoisotopic (exact) mass is 324 g/mol. The summed E-state index contributed by atoms with van der Waals surface area (Å²) in [6, 6.07) is 0. The van der Waals surface area contributed by atoms with E-state index >= 15 is 0 Å². The highest BCUT2D eigenvalue weighted by atomic mass is 32.2. The highest BCUT2D eigenvalue weighted by molar-refractivity contribution is 7.90. The molecule has 1 atom stereocenters. The topological polar surface area (TPSA) is 75.2 Å². The summed E-state index contributed by atoms with van der Waals surface area (Å²) in [4.78, 5) is 11.5. The van der Waals surface area contributed by atoms with Gasteiger partial charge in [0.1, 0.15) is 4.90 Å². The van der Waals surface area contributed by atoms with E-state index in [0.29, 0.717) is 16.5 Å². The van der Waals surface area contributed by atoms with Crippen LogP contribution in [0.15, 0.2) is 11.1 Å². The van der Waals surface area contributed by atoms with Crippen molar-refractivity contribution < 1.29 is 8.42 Å². The zero-order valence-corrected chi connectivity index (χ0v) is 13.9. The summed E-state index contributed by atoms with van der Waals surface area (Å²) in [6.45, 7) is 3.70. The van der Waals surface area contributed by atoms with Gasteiger partial charge in [0.15, 0.2) is 9.84 Å². The third kappa shape index (κ3) is 3.41. The van der Waals surface area contributed by atoms with Crippen LogP contribution in [0.1, 0.15) is 43.7 Å². The highest BCUT2D eigenvalue weighted by Gasteiger charge is 2.26. The molecule has 3 rings (SSSR count). The predicted molar refractivity (Wildman–Crippen MR) is 86.1 cm³/mol. The van der Waals surface area contributed by atoms with E-state index in [1.807, 2.05) is 0 Å². The maximum atomic E-state index is 12.1. The molecule has 0 radical (unpaired) electrons. The van der Waals surface area contributed by atoms with Crippen LogP contribution in [-0.4, -0.2) is 50.8 Å². The Bertz CT molecular complexity index is 620. The zero-order valence-electron chi connectivity index (χ0n) is 13.1. The first-order valence-electron chi connectivity index (χ1n) is 8.08. The number of hydrogen-bond acceptors (Lipinski definition) is 6. The number of nitrogens with zero attached hydrogens (tertiary/aromatic N) is 3. The molecular weight excluding hydrogens is 300 g/mol. The Morgan fingerprint density at radius 3 is 2.64 bits per heavy atom. The summed E-state index contributed by atoms with van der Waals surface area (Å²) in [5.74, 6) is 0.845.